The van der Waals surface area contributed by atoms with Gasteiger partial charge in [-0.05, 0) is 106 Å². The highest BCUT2D eigenvalue weighted by Gasteiger charge is 2.27. The molecular weight excluding hydrogens is 977 g/mol. The number of rotatable bonds is 26. The van der Waals surface area contributed by atoms with E-state index in [-0.39, 0.29) is 20.9 Å². The number of pyridine rings is 2. The lowest BCUT2D eigenvalue weighted by Gasteiger charge is -2.18. The van der Waals surface area contributed by atoms with Crippen molar-refractivity contribution in [3.63, 3.8) is 0 Å². The molecule has 7 aromatic carbocycles. The Morgan fingerprint density at radius 2 is 0.800 bits per heavy atom. The van der Waals surface area contributed by atoms with Crippen molar-refractivity contribution in [3.8, 4) is 0 Å². The first-order chi connectivity index (χ1) is 36.4. The molecular formula is C61H68N6O6S2. The summed E-state index contributed by atoms with van der Waals surface area (Å²) >= 11 is 0. The van der Waals surface area contributed by atoms with Crippen LogP contribution in [0.4, 0.5) is 0 Å². The number of sulfonamides is 2. The summed E-state index contributed by atoms with van der Waals surface area (Å²) in [6, 6.07) is 25.5. The zero-order valence-corrected chi connectivity index (χ0v) is 45.3. The minimum atomic E-state index is -3.81. The van der Waals surface area contributed by atoms with E-state index < -0.39 is 20.0 Å². The van der Waals surface area contributed by atoms with Crippen LogP contribution in [-0.4, -0.2) is 60.0 Å². The number of nitrogens with zero attached hydrogens (tertiary/aromatic N) is 5. The average molecular weight is 1050 g/mol. The second-order valence-electron chi connectivity index (χ2n) is 21.2. The maximum Gasteiger partial charge on any atom is 0.264 e. The number of hydrogen-bond donors (Lipinski definition) is 1. The maximum absolute atomic E-state index is 14.7. The van der Waals surface area contributed by atoms with Crippen molar-refractivity contribution in [1.29, 1.82) is 0 Å². The highest BCUT2D eigenvalue weighted by Crippen LogP contribution is 2.46. The SMILES string of the molecule is CCCCCCCCCCCCNS(=O)(=O)c1ccc2c(c1)nc1c3ccc4c5ccc6c(=O)n7c8ccc(S(=O)(=O)N(C)CCCCCCCCCCCC)cc8nc7c7ccc(c8ccc(c(=O)n21)c3c48)c5c67. The quantitative estimate of drug-likeness (QED) is 0.0320. The maximum atomic E-state index is 14.7. The van der Waals surface area contributed by atoms with Gasteiger partial charge in [-0.15, -0.1) is 0 Å². The van der Waals surface area contributed by atoms with Crippen LogP contribution in [0.2, 0.25) is 0 Å². The normalized spacial score (nSPS) is 13.1. The molecule has 0 radical (unpaired) electrons. The number of nitrogens with one attached hydrogen (secondary N) is 1. The molecule has 0 bridgehead atoms. The topological polar surface area (TPSA) is 152 Å². The van der Waals surface area contributed by atoms with Crippen molar-refractivity contribution in [2.45, 2.75) is 152 Å². The Morgan fingerprint density at radius 1 is 0.440 bits per heavy atom. The van der Waals surface area contributed by atoms with Crippen LogP contribution in [0.15, 0.2) is 104 Å². The summed E-state index contributed by atoms with van der Waals surface area (Å²) in [4.78, 5) is 39.5. The van der Waals surface area contributed by atoms with Gasteiger partial charge in [0.1, 0.15) is 11.3 Å². The molecule has 0 spiro atoms. The summed E-state index contributed by atoms with van der Waals surface area (Å²) < 4.78 is 62.3. The standard InChI is InChI=1S/C61H68N6O6S2/c1-4-6-8-10-12-14-16-18-20-22-36-62-74(70,71)40-24-34-52-50(38-40)63-58-46-30-26-42-45-29-33-49-57-47(31-27-43(55(45)57)44-28-32-48(56(46)54(42)44)60(68)66(52)58)59-64-51-39-41(25-35-53(51)67(59)61(49)69)75(72,73)65(3)37-23-21-19-17-15-13-11-9-7-5-2/h24-35,38-39,62H,4-23,36-37H2,1-3H3. The molecule has 0 aliphatic carbocycles. The van der Waals surface area contributed by atoms with Crippen molar-refractivity contribution in [2.75, 3.05) is 20.1 Å². The van der Waals surface area contributed by atoms with Gasteiger partial charge in [-0.1, -0.05) is 154 Å². The molecule has 4 aromatic heterocycles. The molecule has 0 atom stereocenters. The molecule has 0 saturated carbocycles. The van der Waals surface area contributed by atoms with E-state index in [0.717, 1.165) is 92.4 Å². The minimum Gasteiger partial charge on any atom is -0.268 e. The van der Waals surface area contributed by atoms with E-state index >= 15 is 0 Å². The lowest BCUT2D eigenvalue weighted by atomic mass is 9.86. The predicted molar refractivity (Wildman–Crippen MR) is 309 cm³/mol. The van der Waals surface area contributed by atoms with Gasteiger partial charge >= 0.3 is 0 Å². The van der Waals surface area contributed by atoms with E-state index in [9.17, 15) is 26.4 Å². The molecule has 0 fully saturated rings. The first-order valence-electron chi connectivity index (χ1n) is 27.8. The van der Waals surface area contributed by atoms with E-state index in [1.807, 2.05) is 36.4 Å². The van der Waals surface area contributed by atoms with E-state index in [4.69, 9.17) is 9.97 Å². The van der Waals surface area contributed by atoms with Crippen LogP contribution in [0.5, 0.6) is 0 Å². The Balaban J connectivity index is 0.893. The van der Waals surface area contributed by atoms with Gasteiger partial charge in [0.15, 0.2) is 0 Å². The molecule has 4 heterocycles. The van der Waals surface area contributed by atoms with Gasteiger partial charge in [0.25, 0.3) is 11.1 Å². The Bertz CT molecular complexity index is 4250. The van der Waals surface area contributed by atoms with Gasteiger partial charge in [-0.25, -0.2) is 35.8 Å². The molecule has 0 unspecified atom stereocenters. The fourth-order valence-electron chi connectivity index (χ4n) is 12.1. The molecule has 0 aliphatic rings. The molecule has 0 saturated heterocycles. The lowest BCUT2D eigenvalue weighted by Crippen LogP contribution is -2.28. The Kier molecular flexibility index (Phi) is 14.4. The number of unbranched alkanes of at least 4 members (excludes halogenated alkanes) is 18. The molecule has 0 aliphatic heterocycles. The lowest BCUT2D eigenvalue weighted by molar-refractivity contribution is 0.447. The van der Waals surface area contributed by atoms with E-state index in [1.165, 1.54) is 94.2 Å². The minimum absolute atomic E-state index is 0.112. The van der Waals surface area contributed by atoms with Crippen molar-refractivity contribution in [3.05, 3.63) is 106 Å². The number of aromatic nitrogens is 4. The van der Waals surface area contributed by atoms with Crippen LogP contribution in [0.3, 0.4) is 0 Å². The second-order valence-corrected chi connectivity index (χ2v) is 25.0. The summed E-state index contributed by atoms with van der Waals surface area (Å²) in [5.74, 6) is 0. The Labute approximate surface area is 438 Å². The van der Waals surface area contributed by atoms with Gasteiger partial charge in [0.2, 0.25) is 20.0 Å². The van der Waals surface area contributed by atoms with Crippen molar-refractivity contribution >= 4 is 118 Å². The molecule has 11 rings (SSSR count). The van der Waals surface area contributed by atoms with Crippen LogP contribution < -0.4 is 15.8 Å². The summed E-state index contributed by atoms with van der Waals surface area (Å²) in [5.41, 5.74) is 2.36. The fourth-order valence-corrected chi connectivity index (χ4v) is 14.4. The van der Waals surface area contributed by atoms with Crippen molar-refractivity contribution < 1.29 is 16.8 Å². The third-order valence-electron chi connectivity index (χ3n) is 16.2. The highest BCUT2D eigenvalue weighted by molar-refractivity contribution is 7.89. The van der Waals surface area contributed by atoms with E-state index in [0.29, 0.717) is 57.2 Å². The smallest absolute Gasteiger partial charge is 0.264 e. The van der Waals surface area contributed by atoms with Crippen LogP contribution in [0.25, 0.3) is 98.0 Å². The van der Waals surface area contributed by atoms with Crippen LogP contribution in [0.1, 0.15) is 142 Å². The summed E-state index contributed by atoms with van der Waals surface area (Å²) in [7, 11) is -5.98. The molecule has 14 heteroatoms. The first-order valence-corrected chi connectivity index (χ1v) is 30.7. The molecule has 75 heavy (non-hydrogen) atoms. The second kappa shape index (κ2) is 21.2. The van der Waals surface area contributed by atoms with Gasteiger partial charge < -0.3 is 0 Å². The monoisotopic (exact) mass is 1040 g/mol. The average Bonchev–Trinajstić information content (AvgIpc) is 4.04. The van der Waals surface area contributed by atoms with E-state index in [2.05, 4.69) is 30.7 Å². The fraction of sp³-hybridized carbons (Fsp3) is 0.410. The first kappa shape index (κ1) is 51.1. The summed E-state index contributed by atoms with van der Waals surface area (Å²) in [6.07, 6.45) is 23.4. The largest absolute Gasteiger partial charge is 0.268 e. The van der Waals surface area contributed by atoms with Gasteiger partial charge in [0, 0.05) is 52.5 Å². The third kappa shape index (κ3) is 9.12. The zero-order chi connectivity index (χ0) is 52.0. The number of hydrogen-bond acceptors (Lipinski definition) is 8. The summed E-state index contributed by atoms with van der Waals surface area (Å²) in [5, 5.41) is 9.66. The van der Waals surface area contributed by atoms with Crippen LogP contribution >= 0.6 is 0 Å². The van der Waals surface area contributed by atoms with Gasteiger partial charge in [0.05, 0.1) is 31.9 Å². The molecule has 390 valence electrons. The molecule has 11 aromatic rings. The van der Waals surface area contributed by atoms with Crippen LogP contribution in [-0.2, 0) is 20.0 Å². The van der Waals surface area contributed by atoms with Crippen molar-refractivity contribution in [2.24, 2.45) is 0 Å². The third-order valence-corrected chi connectivity index (χ3v) is 19.5. The highest BCUT2D eigenvalue weighted by atomic mass is 32.2. The predicted octanol–water partition coefficient (Wildman–Crippen LogP) is 14.0. The number of imidazole rings is 2. The Hall–Kier alpha value is -6.06. The molecule has 1 N–H and O–H groups in total. The van der Waals surface area contributed by atoms with Crippen molar-refractivity contribution in [1.82, 2.24) is 27.8 Å². The number of benzene rings is 7. The van der Waals surface area contributed by atoms with Crippen LogP contribution in [0, 0.1) is 0 Å². The van der Waals surface area contributed by atoms with Gasteiger partial charge in [-0.2, -0.15) is 0 Å². The van der Waals surface area contributed by atoms with E-state index in [1.54, 1.807) is 52.2 Å². The zero-order valence-electron chi connectivity index (χ0n) is 43.6. The molecule has 12 nitrogen and oxygen atoms in total. The summed E-state index contributed by atoms with van der Waals surface area (Å²) in [6.45, 7) is 5.26. The van der Waals surface area contributed by atoms with Gasteiger partial charge in [-0.3, -0.25) is 18.4 Å². The Morgan fingerprint density at radius 3 is 1.25 bits per heavy atom. The molecule has 0 amide bonds. The number of fused-ring (bicyclic) bond motifs is 10.